The molecule has 0 aliphatic rings. The van der Waals surface area contributed by atoms with Crippen LogP contribution in [0.15, 0.2) is 114 Å². The van der Waals surface area contributed by atoms with Crippen LogP contribution in [0, 0.1) is 12.7 Å². The van der Waals surface area contributed by atoms with Gasteiger partial charge in [0.1, 0.15) is 17.6 Å². The summed E-state index contributed by atoms with van der Waals surface area (Å²) in [5.41, 5.74) is 3.17. The van der Waals surface area contributed by atoms with Gasteiger partial charge >= 0.3 is 6.18 Å². The van der Waals surface area contributed by atoms with Gasteiger partial charge in [0, 0.05) is 12.0 Å². The molecule has 0 radical (unpaired) electrons. The normalized spacial score (nSPS) is 12.1. The maximum absolute atomic E-state index is 13.9. The van der Waals surface area contributed by atoms with Gasteiger partial charge in [-0.1, -0.05) is 89.6 Å². The van der Waals surface area contributed by atoms with Crippen molar-refractivity contribution in [1.29, 1.82) is 0 Å². The molecule has 0 saturated heterocycles. The number of nitrogens with one attached hydrogen (secondary N) is 1. The number of aromatic nitrogens is 2. The molecule has 6 aromatic rings. The third kappa shape index (κ3) is 7.08. The highest BCUT2D eigenvalue weighted by molar-refractivity contribution is 6.31. The summed E-state index contributed by atoms with van der Waals surface area (Å²) in [6.07, 6.45) is -4.28. The summed E-state index contributed by atoms with van der Waals surface area (Å²) < 4.78 is 58.9. The topological polar surface area (TPSA) is 88.2 Å². The molecule has 48 heavy (non-hydrogen) atoms. The number of aryl methyl sites for hydroxylation is 1. The molecule has 0 unspecified atom stereocenters. The van der Waals surface area contributed by atoms with E-state index in [9.17, 15) is 27.5 Å². The second kappa shape index (κ2) is 13.3. The van der Waals surface area contributed by atoms with Crippen molar-refractivity contribution in [2.75, 3.05) is 0 Å². The lowest BCUT2D eigenvalue weighted by atomic mass is 9.93. The van der Waals surface area contributed by atoms with Crippen molar-refractivity contribution in [1.82, 2.24) is 15.5 Å². The minimum Gasteiger partial charge on any atom is -0.506 e. The second-order valence-corrected chi connectivity index (χ2v) is 11.5. The molecule has 242 valence electrons. The number of phenols is 1. The van der Waals surface area contributed by atoms with Crippen molar-refractivity contribution in [2.24, 2.45) is 0 Å². The Morgan fingerprint density at radius 3 is 2.12 bits per heavy atom. The largest absolute Gasteiger partial charge is 0.506 e. The molecule has 1 heterocycles. The highest BCUT2D eigenvalue weighted by Crippen LogP contribution is 2.38. The monoisotopic (exact) mass is 671 g/mol. The van der Waals surface area contributed by atoms with E-state index in [1.54, 1.807) is 49.4 Å². The fourth-order valence-electron chi connectivity index (χ4n) is 5.30. The highest BCUT2D eigenvalue weighted by atomic mass is 35.5. The van der Waals surface area contributed by atoms with Crippen molar-refractivity contribution in [3.05, 3.63) is 148 Å². The van der Waals surface area contributed by atoms with Crippen LogP contribution in [0.2, 0.25) is 5.02 Å². The Kier molecular flexibility index (Phi) is 9.01. The molecule has 6 nitrogen and oxygen atoms in total. The predicted molar refractivity (Wildman–Crippen MR) is 174 cm³/mol. The average molecular weight is 672 g/mol. The Labute approximate surface area is 277 Å². The summed E-state index contributed by atoms with van der Waals surface area (Å²) in [5.74, 6) is -1.01. The summed E-state index contributed by atoms with van der Waals surface area (Å²) >= 11 is 5.96. The van der Waals surface area contributed by atoms with Crippen LogP contribution in [0.4, 0.5) is 17.6 Å². The number of aromatic hydroxyl groups is 1. The molecule has 0 fully saturated rings. The molecular weight excluding hydrogens is 646 g/mol. The number of nitrogens with zero attached hydrogens (tertiary/aromatic N) is 2. The fourth-order valence-corrected chi connectivity index (χ4v) is 5.48. The van der Waals surface area contributed by atoms with Gasteiger partial charge in [-0.05, 0) is 76.7 Å². The number of hydrogen-bond donors (Lipinski definition) is 2. The maximum Gasteiger partial charge on any atom is 0.416 e. The number of carbonyl (C=O) groups excluding carboxylic acids is 1. The molecule has 1 amide bonds. The molecule has 11 heteroatoms. The van der Waals surface area contributed by atoms with E-state index in [1.807, 2.05) is 24.3 Å². The number of alkyl halides is 3. The van der Waals surface area contributed by atoms with Gasteiger partial charge < -0.3 is 14.9 Å². The van der Waals surface area contributed by atoms with Gasteiger partial charge in [-0.25, -0.2) is 4.39 Å². The highest BCUT2D eigenvalue weighted by Gasteiger charge is 2.30. The van der Waals surface area contributed by atoms with E-state index in [-0.39, 0.29) is 28.6 Å². The standard InChI is InChI=1S/C37H26ClF4N3O3/c1-21-43-36(48-45-21)33(17-22-7-9-23(10-8-22)26-13-16-32(39)31(38)20-26)44-35(47)30-19-27(24-11-14-28(15-12-24)37(40,41)42)18-29(34(30)46)25-5-3-2-4-6-25/h2-16,18-20,33,46H,17H2,1H3,(H,44,47)/t33-/m1/s1. The predicted octanol–water partition coefficient (Wildman–Crippen LogP) is 9.61. The lowest BCUT2D eigenvalue weighted by molar-refractivity contribution is -0.137. The van der Waals surface area contributed by atoms with Gasteiger partial charge in [0.15, 0.2) is 5.82 Å². The minimum atomic E-state index is -4.51. The molecule has 0 spiro atoms. The van der Waals surface area contributed by atoms with Crippen LogP contribution in [-0.4, -0.2) is 21.2 Å². The van der Waals surface area contributed by atoms with Crippen molar-refractivity contribution in [3.63, 3.8) is 0 Å². The fraction of sp³-hybridized carbons (Fsp3) is 0.108. The second-order valence-electron chi connectivity index (χ2n) is 11.1. The quantitative estimate of drug-likeness (QED) is 0.157. The van der Waals surface area contributed by atoms with Gasteiger partial charge in [0.2, 0.25) is 5.89 Å². The molecule has 0 bridgehead atoms. The van der Waals surface area contributed by atoms with Gasteiger partial charge in [-0.3, -0.25) is 4.79 Å². The third-order valence-corrected chi connectivity index (χ3v) is 8.07. The molecule has 0 saturated carbocycles. The van der Waals surface area contributed by atoms with E-state index in [0.717, 1.165) is 28.8 Å². The van der Waals surface area contributed by atoms with E-state index < -0.39 is 29.5 Å². The van der Waals surface area contributed by atoms with Crippen molar-refractivity contribution in [3.8, 4) is 39.1 Å². The first kappa shape index (κ1) is 32.5. The number of rotatable bonds is 8. The van der Waals surface area contributed by atoms with Crippen LogP contribution < -0.4 is 5.32 Å². The van der Waals surface area contributed by atoms with Crippen molar-refractivity contribution >= 4 is 17.5 Å². The zero-order valence-electron chi connectivity index (χ0n) is 25.2. The SMILES string of the molecule is Cc1noc([C@@H](Cc2ccc(-c3ccc(F)c(Cl)c3)cc2)NC(=O)c2cc(-c3ccc(C(F)(F)F)cc3)cc(-c3ccccc3)c2O)n1. The van der Waals surface area contributed by atoms with E-state index in [2.05, 4.69) is 15.5 Å². The van der Waals surface area contributed by atoms with Gasteiger partial charge in [-0.15, -0.1) is 0 Å². The molecule has 5 aromatic carbocycles. The molecule has 2 N–H and O–H groups in total. The Morgan fingerprint density at radius 2 is 1.50 bits per heavy atom. The molecule has 6 rings (SSSR count). The number of hydrogen-bond acceptors (Lipinski definition) is 5. The first-order valence-electron chi connectivity index (χ1n) is 14.7. The molecule has 0 aliphatic carbocycles. The third-order valence-electron chi connectivity index (χ3n) is 7.78. The maximum atomic E-state index is 13.9. The van der Waals surface area contributed by atoms with Crippen LogP contribution >= 0.6 is 11.6 Å². The molecule has 1 aromatic heterocycles. The van der Waals surface area contributed by atoms with Crippen LogP contribution in [-0.2, 0) is 12.6 Å². The summed E-state index contributed by atoms with van der Waals surface area (Å²) in [5, 5.41) is 18.2. The van der Waals surface area contributed by atoms with Crippen molar-refractivity contribution in [2.45, 2.75) is 25.6 Å². The average Bonchev–Trinajstić information content (AvgIpc) is 3.52. The van der Waals surface area contributed by atoms with Gasteiger partial charge in [0.25, 0.3) is 5.91 Å². The number of carbonyl (C=O) groups is 1. The smallest absolute Gasteiger partial charge is 0.416 e. The van der Waals surface area contributed by atoms with Crippen LogP contribution in [0.25, 0.3) is 33.4 Å². The lowest BCUT2D eigenvalue weighted by Crippen LogP contribution is -2.30. The van der Waals surface area contributed by atoms with E-state index >= 15 is 0 Å². The number of amides is 1. The minimum absolute atomic E-state index is 0.00665. The number of benzene rings is 5. The van der Waals surface area contributed by atoms with Gasteiger partial charge in [-0.2, -0.15) is 18.2 Å². The van der Waals surface area contributed by atoms with E-state index in [0.29, 0.717) is 28.1 Å². The Morgan fingerprint density at radius 1 is 0.854 bits per heavy atom. The molecule has 0 aliphatic heterocycles. The van der Waals surface area contributed by atoms with Crippen LogP contribution in [0.5, 0.6) is 5.75 Å². The first-order chi connectivity index (χ1) is 23.0. The molecular formula is C37H26ClF4N3O3. The Bertz CT molecular complexity index is 2080. The van der Waals surface area contributed by atoms with Crippen LogP contribution in [0.3, 0.4) is 0 Å². The number of phenolic OH excluding ortho intramolecular Hbond substituents is 1. The summed E-state index contributed by atoms with van der Waals surface area (Å²) in [7, 11) is 0. The summed E-state index contributed by atoms with van der Waals surface area (Å²) in [6, 6.07) is 27.4. The van der Waals surface area contributed by atoms with Crippen LogP contribution in [0.1, 0.15) is 39.2 Å². The lowest BCUT2D eigenvalue weighted by Gasteiger charge is -2.18. The van der Waals surface area contributed by atoms with E-state index in [1.165, 1.54) is 30.3 Å². The Hall–Kier alpha value is -5.48. The van der Waals surface area contributed by atoms with Crippen molar-refractivity contribution < 1.29 is 32.0 Å². The zero-order chi connectivity index (χ0) is 34.0. The Balaban J connectivity index is 1.34. The summed E-state index contributed by atoms with van der Waals surface area (Å²) in [6.45, 7) is 1.64. The zero-order valence-corrected chi connectivity index (χ0v) is 26.0. The summed E-state index contributed by atoms with van der Waals surface area (Å²) in [4.78, 5) is 18.3. The van der Waals surface area contributed by atoms with Gasteiger partial charge in [0.05, 0.1) is 16.1 Å². The number of halogens is 5. The first-order valence-corrected chi connectivity index (χ1v) is 15.1. The van der Waals surface area contributed by atoms with E-state index in [4.69, 9.17) is 16.1 Å². The molecule has 1 atom stereocenters.